The summed E-state index contributed by atoms with van der Waals surface area (Å²) < 4.78 is 23.7. The van der Waals surface area contributed by atoms with Crippen molar-refractivity contribution in [2.24, 2.45) is 0 Å². The number of Topliss-reactive ketones (excluding diaryl/α,β-unsaturated/α-hetero) is 1. The first-order valence-corrected chi connectivity index (χ1v) is 11.9. The molecule has 2 atom stereocenters. The Bertz CT molecular complexity index is 1190. The van der Waals surface area contributed by atoms with Crippen LogP contribution in [-0.4, -0.2) is 53.9 Å². The molecule has 1 aromatic heterocycles. The number of benzene rings is 2. The molecule has 0 saturated heterocycles. The molecule has 0 aliphatic rings. The minimum Gasteiger partial charge on any atom is -0.383 e. The molecular formula is C22H23ClN2O5S. The van der Waals surface area contributed by atoms with E-state index in [9.17, 15) is 23.1 Å². The maximum absolute atomic E-state index is 12.9. The summed E-state index contributed by atoms with van der Waals surface area (Å²) in [6, 6.07) is 14.8. The highest BCUT2D eigenvalue weighted by Gasteiger charge is 2.31. The molecule has 3 aromatic rings. The fraction of sp³-hybridized carbons (Fsp3) is 0.273. The van der Waals surface area contributed by atoms with Crippen LogP contribution in [0.3, 0.4) is 0 Å². The number of aromatic amines is 1. The molecule has 2 unspecified atom stereocenters. The van der Waals surface area contributed by atoms with Crippen LogP contribution in [-0.2, 0) is 21.1 Å². The van der Waals surface area contributed by atoms with Crippen LogP contribution in [0.1, 0.15) is 23.0 Å². The third-order valence-electron chi connectivity index (χ3n) is 4.96. The molecule has 0 bridgehead atoms. The van der Waals surface area contributed by atoms with Crippen molar-refractivity contribution in [3.8, 4) is 0 Å². The number of amides is 1. The number of fused-ring (bicyclic) bond motifs is 1. The monoisotopic (exact) mass is 462 g/mol. The number of rotatable bonds is 9. The summed E-state index contributed by atoms with van der Waals surface area (Å²) in [5.41, 5.74) is 1.72. The molecule has 2 aromatic carbocycles. The molecular weight excluding hydrogens is 440 g/mol. The zero-order valence-electron chi connectivity index (χ0n) is 16.8. The Labute approximate surface area is 185 Å². The van der Waals surface area contributed by atoms with Crippen LogP contribution in [0, 0.1) is 0 Å². The van der Waals surface area contributed by atoms with Gasteiger partial charge < -0.3 is 15.4 Å². The van der Waals surface area contributed by atoms with Crippen LogP contribution in [0.15, 0.2) is 54.6 Å². The van der Waals surface area contributed by atoms with E-state index in [0.29, 0.717) is 10.5 Å². The Balaban J connectivity index is 1.84. The van der Waals surface area contributed by atoms with Crippen LogP contribution in [0.25, 0.3) is 10.9 Å². The average Bonchev–Trinajstić information content (AvgIpc) is 3.16. The standard InChI is InChI=1S/C22H23ClN2O5S/c1-2-31(29,30)13-20(26)21(27)18(10-14-6-4-3-5-7-14)25-22(28)19-12-15-11-16(23)8-9-17(15)24-19/h3-9,11-12,18,21,24,27H,2,10,13H2,1H3,(H,25,28). The molecule has 3 rings (SSSR count). The first kappa shape index (κ1) is 23.0. The number of sulfone groups is 1. The van der Waals surface area contributed by atoms with Crippen LogP contribution in [0.2, 0.25) is 5.02 Å². The number of ketones is 1. The second-order valence-electron chi connectivity index (χ2n) is 7.27. The van der Waals surface area contributed by atoms with Gasteiger partial charge in [-0.2, -0.15) is 0 Å². The number of aliphatic hydroxyl groups is 1. The Hall–Kier alpha value is -2.68. The van der Waals surface area contributed by atoms with Crippen molar-refractivity contribution >= 4 is 44.0 Å². The highest BCUT2D eigenvalue weighted by atomic mass is 35.5. The largest absolute Gasteiger partial charge is 0.383 e. The van der Waals surface area contributed by atoms with E-state index in [4.69, 9.17) is 11.6 Å². The van der Waals surface area contributed by atoms with E-state index < -0.39 is 39.4 Å². The minimum atomic E-state index is -3.61. The second-order valence-corrected chi connectivity index (χ2v) is 10.1. The first-order chi connectivity index (χ1) is 14.7. The molecule has 31 heavy (non-hydrogen) atoms. The number of carbonyl (C=O) groups is 2. The van der Waals surface area contributed by atoms with Crippen LogP contribution in [0.5, 0.6) is 0 Å². The van der Waals surface area contributed by atoms with E-state index in [1.165, 1.54) is 6.92 Å². The lowest BCUT2D eigenvalue weighted by Gasteiger charge is -2.23. The lowest BCUT2D eigenvalue weighted by molar-refractivity contribution is -0.125. The Kier molecular flexibility index (Phi) is 7.15. The zero-order chi connectivity index (χ0) is 22.6. The van der Waals surface area contributed by atoms with Crippen molar-refractivity contribution in [2.75, 3.05) is 11.5 Å². The van der Waals surface area contributed by atoms with Crippen LogP contribution in [0.4, 0.5) is 0 Å². The van der Waals surface area contributed by atoms with Gasteiger partial charge >= 0.3 is 0 Å². The normalized spacial score (nSPS) is 13.6. The van der Waals surface area contributed by atoms with E-state index in [-0.39, 0.29) is 17.9 Å². The SMILES string of the molecule is CCS(=O)(=O)CC(=O)C(O)C(Cc1ccccc1)NC(=O)c1cc2cc(Cl)ccc2[nH]1. The fourth-order valence-corrected chi connectivity index (χ4v) is 4.20. The Morgan fingerprint density at radius 1 is 1.13 bits per heavy atom. The number of hydrogen-bond acceptors (Lipinski definition) is 5. The smallest absolute Gasteiger partial charge is 0.268 e. The molecule has 9 heteroatoms. The summed E-state index contributed by atoms with van der Waals surface area (Å²) in [7, 11) is -3.61. The number of H-pyrrole nitrogens is 1. The highest BCUT2D eigenvalue weighted by Crippen LogP contribution is 2.20. The van der Waals surface area contributed by atoms with Gasteiger partial charge in [0, 0.05) is 21.7 Å². The zero-order valence-corrected chi connectivity index (χ0v) is 18.4. The lowest BCUT2D eigenvalue weighted by atomic mass is 9.99. The molecule has 1 heterocycles. The van der Waals surface area contributed by atoms with Gasteiger partial charge in [0.15, 0.2) is 15.6 Å². The van der Waals surface area contributed by atoms with E-state index in [1.54, 1.807) is 48.5 Å². The van der Waals surface area contributed by atoms with E-state index in [0.717, 1.165) is 10.9 Å². The topological polar surface area (TPSA) is 116 Å². The number of halogens is 1. The van der Waals surface area contributed by atoms with Crippen LogP contribution >= 0.6 is 11.6 Å². The van der Waals surface area contributed by atoms with Gasteiger partial charge in [-0.3, -0.25) is 9.59 Å². The quantitative estimate of drug-likeness (QED) is 0.452. The number of aromatic nitrogens is 1. The van der Waals surface area contributed by atoms with Gasteiger partial charge in [-0.05, 0) is 36.2 Å². The van der Waals surface area contributed by atoms with Gasteiger partial charge in [-0.15, -0.1) is 0 Å². The maximum Gasteiger partial charge on any atom is 0.268 e. The average molecular weight is 463 g/mol. The first-order valence-electron chi connectivity index (χ1n) is 9.73. The van der Waals surface area contributed by atoms with Crippen LogP contribution < -0.4 is 5.32 Å². The second kappa shape index (κ2) is 9.64. The third-order valence-corrected chi connectivity index (χ3v) is 6.79. The predicted molar refractivity (Wildman–Crippen MR) is 120 cm³/mol. The molecule has 0 fully saturated rings. The summed E-state index contributed by atoms with van der Waals surface area (Å²) in [4.78, 5) is 28.3. The molecule has 7 nitrogen and oxygen atoms in total. The number of carbonyl (C=O) groups excluding carboxylic acids is 2. The van der Waals surface area contributed by atoms with Crippen molar-refractivity contribution in [1.82, 2.24) is 10.3 Å². The van der Waals surface area contributed by atoms with Gasteiger partial charge in [0.2, 0.25) is 0 Å². The Morgan fingerprint density at radius 3 is 2.52 bits per heavy atom. The summed E-state index contributed by atoms with van der Waals surface area (Å²) in [6.45, 7) is 1.43. The third kappa shape index (κ3) is 5.94. The molecule has 3 N–H and O–H groups in total. The molecule has 164 valence electrons. The Morgan fingerprint density at radius 2 is 1.84 bits per heavy atom. The van der Waals surface area contributed by atoms with Gasteiger partial charge in [0.25, 0.3) is 5.91 Å². The number of nitrogens with one attached hydrogen (secondary N) is 2. The molecule has 0 spiro atoms. The van der Waals surface area contributed by atoms with Gasteiger partial charge in [-0.1, -0.05) is 48.9 Å². The van der Waals surface area contributed by atoms with Crippen molar-refractivity contribution < 1.29 is 23.1 Å². The predicted octanol–water partition coefficient (Wildman–Crippen LogP) is 2.53. The van der Waals surface area contributed by atoms with E-state index in [1.807, 2.05) is 6.07 Å². The molecule has 0 aliphatic carbocycles. The summed E-state index contributed by atoms with van der Waals surface area (Å²) in [5, 5.41) is 14.6. The fourth-order valence-electron chi connectivity index (χ4n) is 3.21. The summed E-state index contributed by atoms with van der Waals surface area (Å²) in [5.74, 6) is -2.37. The summed E-state index contributed by atoms with van der Waals surface area (Å²) in [6.07, 6.45) is -1.53. The molecule has 1 amide bonds. The van der Waals surface area contributed by atoms with E-state index in [2.05, 4.69) is 10.3 Å². The maximum atomic E-state index is 12.9. The number of aliphatic hydroxyl groups excluding tert-OH is 1. The lowest BCUT2D eigenvalue weighted by Crippen LogP contribution is -2.49. The van der Waals surface area contributed by atoms with E-state index >= 15 is 0 Å². The summed E-state index contributed by atoms with van der Waals surface area (Å²) >= 11 is 5.99. The molecule has 0 saturated carbocycles. The van der Waals surface area contributed by atoms with Crippen molar-refractivity contribution in [3.05, 3.63) is 70.9 Å². The van der Waals surface area contributed by atoms with Crippen molar-refractivity contribution in [2.45, 2.75) is 25.5 Å². The highest BCUT2D eigenvalue weighted by molar-refractivity contribution is 7.92. The van der Waals surface area contributed by atoms with Gasteiger partial charge in [0.05, 0.1) is 6.04 Å². The number of hydrogen-bond donors (Lipinski definition) is 3. The molecule has 0 aliphatic heterocycles. The molecule has 0 radical (unpaired) electrons. The van der Waals surface area contributed by atoms with Gasteiger partial charge in [-0.25, -0.2) is 8.42 Å². The van der Waals surface area contributed by atoms with Crippen molar-refractivity contribution in [3.63, 3.8) is 0 Å². The minimum absolute atomic E-state index is 0.151. The van der Waals surface area contributed by atoms with Crippen molar-refractivity contribution in [1.29, 1.82) is 0 Å². The van der Waals surface area contributed by atoms with Gasteiger partial charge in [0.1, 0.15) is 17.6 Å².